The summed E-state index contributed by atoms with van der Waals surface area (Å²) in [6, 6.07) is 12.7. The normalized spacial score (nSPS) is 10.6. The van der Waals surface area contributed by atoms with Crippen LogP contribution in [-0.4, -0.2) is 10.7 Å². The first-order valence-corrected chi connectivity index (χ1v) is 7.98. The van der Waals surface area contributed by atoms with Gasteiger partial charge < -0.3 is 5.73 Å². The average molecular weight is 348 g/mol. The number of hydrogen-bond donors (Lipinski definition) is 2. The Labute approximate surface area is 141 Å². The summed E-state index contributed by atoms with van der Waals surface area (Å²) in [4.78, 5) is 5.06. The van der Waals surface area contributed by atoms with Crippen molar-refractivity contribution < 1.29 is 0 Å². The molecule has 0 amide bonds. The van der Waals surface area contributed by atoms with E-state index >= 15 is 0 Å². The van der Waals surface area contributed by atoms with Crippen molar-refractivity contribution in [3.8, 4) is 10.4 Å². The third-order valence-corrected chi connectivity index (χ3v) is 4.68. The molecule has 0 atom stereocenters. The minimum absolute atomic E-state index is 0.285. The van der Waals surface area contributed by atoms with Crippen LogP contribution in [0.15, 0.2) is 48.7 Å². The Morgan fingerprint density at radius 2 is 1.95 bits per heavy atom. The maximum Gasteiger partial charge on any atom is 0.133 e. The second-order valence-corrected chi connectivity index (χ2v) is 6.76. The van der Waals surface area contributed by atoms with Crippen LogP contribution in [0.4, 0.5) is 5.82 Å². The Morgan fingerprint density at radius 3 is 2.64 bits per heavy atom. The smallest absolute Gasteiger partial charge is 0.133 e. The molecule has 3 rings (SSSR count). The zero-order chi connectivity index (χ0) is 15.7. The van der Waals surface area contributed by atoms with E-state index in [1.165, 1.54) is 11.3 Å². The third kappa shape index (κ3) is 2.86. The molecule has 2 aromatic heterocycles. The molecule has 2 heterocycles. The monoisotopic (exact) mass is 347 g/mol. The SMILES string of the molecule is N=C(c1cccc(Cl)c1)c1c(-c2ccc(Cl)s2)ccnc1N. The van der Waals surface area contributed by atoms with Gasteiger partial charge in [0.2, 0.25) is 0 Å². The van der Waals surface area contributed by atoms with E-state index in [1.807, 2.05) is 24.3 Å². The molecular formula is C16H11Cl2N3S. The lowest BCUT2D eigenvalue weighted by Crippen LogP contribution is -2.08. The Hall–Kier alpha value is -1.88. The molecule has 110 valence electrons. The summed E-state index contributed by atoms with van der Waals surface area (Å²) in [5.41, 5.74) is 8.43. The molecule has 0 aliphatic rings. The Bertz CT molecular complexity index is 858. The number of pyridine rings is 1. The van der Waals surface area contributed by atoms with Gasteiger partial charge in [-0.05, 0) is 30.3 Å². The van der Waals surface area contributed by atoms with Gasteiger partial charge in [-0.1, -0.05) is 35.3 Å². The number of nitrogens with zero attached hydrogens (tertiary/aromatic N) is 1. The van der Waals surface area contributed by atoms with E-state index in [0.29, 0.717) is 26.3 Å². The molecule has 0 aliphatic carbocycles. The van der Waals surface area contributed by atoms with Gasteiger partial charge in [0.1, 0.15) is 5.82 Å². The summed E-state index contributed by atoms with van der Waals surface area (Å²) in [5.74, 6) is 0.312. The molecular weight excluding hydrogens is 337 g/mol. The second-order valence-electron chi connectivity index (χ2n) is 4.61. The summed E-state index contributed by atoms with van der Waals surface area (Å²) in [6.07, 6.45) is 1.63. The molecule has 0 fully saturated rings. The van der Waals surface area contributed by atoms with Crippen molar-refractivity contribution in [2.75, 3.05) is 5.73 Å². The average Bonchev–Trinajstić information content (AvgIpc) is 2.93. The lowest BCUT2D eigenvalue weighted by atomic mass is 9.97. The number of halogens is 2. The van der Waals surface area contributed by atoms with E-state index in [4.69, 9.17) is 34.3 Å². The van der Waals surface area contributed by atoms with E-state index in [0.717, 1.165) is 10.4 Å². The lowest BCUT2D eigenvalue weighted by molar-refractivity contribution is 1.32. The van der Waals surface area contributed by atoms with Crippen molar-refractivity contribution in [2.45, 2.75) is 0 Å². The van der Waals surface area contributed by atoms with Crippen molar-refractivity contribution >= 4 is 46.1 Å². The van der Waals surface area contributed by atoms with Gasteiger partial charge >= 0.3 is 0 Å². The van der Waals surface area contributed by atoms with Gasteiger partial charge in [0.05, 0.1) is 15.6 Å². The van der Waals surface area contributed by atoms with Crippen molar-refractivity contribution in [1.82, 2.24) is 4.98 Å². The van der Waals surface area contributed by atoms with Gasteiger partial charge in [0.25, 0.3) is 0 Å². The summed E-state index contributed by atoms with van der Waals surface area (Å²) >= 11 is 13.5. The van der Waals surface area contributed by atoms with Gasteiger partial charge in [-0.25, -0.2) is 4.98 Å². The minimum Gasteiger partial charge on any atom is -0.383 e. The number of nitrogens with one attached hydrogen (secondary N) is 1. The van der Waals surface area contributed by atoms with Crippen LogP contribution in [0.2, 0.25) is 9.36 Å². The van der Waals surface area contributed by atoms with E-state index in [-0.39, 0.29) is 5.71 Å². The van der Waals surface area contributed by atoms with E-state index in [9.17, 15) is 0 Å². The largest absolute Gasteiger partial charge is 0.383 e. The van der Waals surface area contributed by atoms with Crippen molar-refractivity contribution in [2.24, 2.45) is 0 Å². The standard InChI is InChI=1S/C16H11Cl2N3S/c17-10-3-1-2-9(8-10)15(19)14-11(6-7-21-16(14)20)12-4-5-13(18)22-12/h1-8,19H,(H2,20,21). The number of nitrogen functional groups attached to an aromatic ring is 1. The Morgan fingerprint density at radius 1 is 1.14 bits per heavy atom. The number of aromatic nitrogens is 1. The van der Waals surface area contributed by atoms with Crippen molar-refractivity contribution in [3.05, 3.63) is 69.1 Å². The Kier molecular flexibility index (Phi) is 4.16. The summed E-state index contributed by atoms with van der Waals surface area (Å²) < 4.78 is 0.686. The highest BCUT2D eigenvalue weighted by molar-refractivity contribution is 7.19. The van der Waals surface area contributed by atoms with Gasteiger partial charge in [0.15, 0.2) is 0 Å². The van der Waals surface area contributed by atoms with Crippen LogP contribution in [0.25, 0.3) is 10.4 Å². The molecule has 0 unspecified atom stereocenters. The molecule has 0 saturated carbocycles. The number of thiophene rings is 1. The van der Waals surface area contributed by atoms with Gasteiger partial charge in [-0.3, -0.25) is 5.41 Å². The predicted octanol–water partition coefficient (Wildman–Crippen LogP) is 5.12. The fraction of sp³-hybridized carbons (Fsp3) is 0. The quantitative estimate of drug-likeness (QED) is 0.646. The molecule has 0 spiro atoms. The first-order valence-electron chi connectivity index (χ1n) is 6.41. The van der Waals surface area contributed by atoms with Crippen LogP contribution in [0.3, 0.4) is 0 Å². The number of anilines is 1. The molecule has 22 heavy (non-hydrogen) atoms. The van der Waals surface area contributed by atoms with Crippen LogP contribution in [0.5, 0.6) is 0 Å². The van der Waals surface area contributed by atoms with Crippen LogP contribution >= 0.6 is 34.5 Å². The van der Waals surface area contributed by atoms with E-state index in [1.54, 1.807) is 24.4 Å². The predicted molar refractivity (Wildman–Crippen MR) is 94.4 cm³/mol. The first-order chi connectivity index (χ1) is 10.6. The molecule has 0 radical (unpaired) electrons. The van der Waals surface area contributed by atoms with Crippen molar-refractivity contribution in [1.29, 1.82) is 5.41 Å². The van der Waals surface area contributed by atoms with E-state index in [2.05, 4.69) is 4.98 Å². The molecule has 3 aromatic rings. The van der Waals surface area contributed by atoms with Crippen molar-refractivity contribution in [3.63, 3.8) is 0 Å². The highest BCUT2D eigenvalue weighted by Crippen LogP contribution is 2.35. The van der Waals surface area contributed by atoms with Crippen LogP contribution in [0, 0.1) is 5.41 Å². The molecule has 0 aliphatic heterocycles. The molecule has 3 nitrogen and oxygen atoms in total. The number of benzene rings is 1. The van der Waals surface area contributed by atoms with Gasteiger partial charge in [0, 0.05) is 27.2 Å². The zero-order valence-corrected chi connectivity index (χ0v) is 13.6. The minimum atomic E-state index is 0.285. The Balaban J connectivity index is 2.16. The van der Waals surface area contributed by atoms with Crippen LogP contribution in [-0.2, 0) is 0 Å². The molecule has 6 heteroatoms. The number of rotatable bonds is 3. The summed E-state index contributed by atoms with van der Waals surface area (Å²) in [5, 5.41) is 9.07. The first kappa shape index (κ1) is 15.0. The third-order valence-electron chi connectivity index (χ3n) is 3.18. The maximum atomic E-state index is 8.50. The molecule has 0 bridgehead atoms. The summed E-state index contributed by atoms with van der Waals surface area (Å²) in [6.45, 7) is 0. The second kappa shape index (κ2) is 6.08. The van der Waals surface area contributed by atoms with Crippen LogP contribution < -0.4 is 5.73 Å². The molecule has 3 N–H and O–H groups in total. The van der Waals surface area contributed by atoms with Crippen LogP contribution in [0.1, 0.15) is 11.1 Å². The topological polar surface area (TPSA) is 62.8 Å². The maximum absolute atomic E-state index is 8.50. The number of nitrogens with two attached hydrogens (primary N) is 1. The lowest BCUT2D eigenvalue weighted by Gasteiger charge is -2.12. The summed E-state index contributed by atoms with van der Waals surface area (Å²) in [7, 11) is 0. The van der Waals surface area contributed by atoms with Gasteiger partial charge in [-0.15, -0.1) is 11.3 Å². The molecule has 1 aromatic carbocycles. The number of hydrogen-bond acceptors (Lipinski definition) is 4. The zero-order valence-electron chi connectivity index (χ0n) is 11.3. The highest BCUT2D eigenvalue weighted by atomic mass is 35.5. The van der Waals surface area contributed by atoms with E-state index < -0.39 is 0 Å². The van der Waals surface area contributed by atoms with Gasteiger partial charge in [-0.2, -0.15) is 0 Å². The highest BCUT2D eigenvalue weighted by Gasteiger charge is 2.17. The fourth-order valence-electron chi connectivity index (χ4n) is 2.19. The molecule has 0 saturated heterocycles. The fourth-order valence-corrected chi connectivity index (χ4v) is 3.46.